The van der Waals surface area contributed by atoms with Gasteiger partial charge < -0.3 is 19.9 Å². The van der Waals surface area contributed by atoms with Crippen LogP contribution in [-0.4, -0.2) is 47.6 Å². The molecule has 0 aliphatic carbocycles. The lowest BCUT2D eigenvalue weighted by atomic mass is 10.0. The predicted octanol–water partition coefficient (Wildman–Crippen LogP) is 2.45. The third-order valence-corrected chi connectivity index (χ3v) is 4.39. The molecule has 2 N–H and O–H groups in total. The molecule has 1 aromatic carbocycles. The van der Waals surface area contributed by atoms with Crippen molar-refractivity contribution in [2.24, 2.45) is 0 Å². The van der Waals surface area contributed by atoms with Gasteiger partial charge in [0.2, 0.25) is 5.91 Å². The summed E-state index contributed by atoms with van der Waals surface area (Å²) in [6, 6.07) is 7.94. The molecule has 1 aromatic heterocycles. The molecular weight excluding hydrogens is 306 g/mol. The Morgan fingerprint density at radius 3 is 3.04 bits per heavy atom. The summed E-state index contributed by atoms with van der Waals surface area (Å²) in [6.07, 6.45) is 3.62. The second kappa shape index (κ2) is 7.38. The number of ether oxygens (including phenoxy) is 1. The fourth-order valence-electron chi connectivity index (χ4n) is 3.21. The zero-order valence-corrected chi connectivity index (χ0v) is 13.9. The second-order valence-corrected chi connectivity index (χ2v) is 6.08. The Labute approximate surface area is 141 Å². The molecule has 24 heavy (non-hydrogen) atoms. The lowest BCUT2D eigenvalue weighted by molar-refractivity contribution is -0.131. The molecular formula is C18H23N3O3. The summed E-state index contributed by atoms with van der Waals surface area (Å²) < 4.78 is 4.92. The Hall–Kier alpha value is -2.50. The highest BCUT2D eigenvalue weighted by atomic mass is 16.5. The number of nitrogens with zero attached hydrogens (tertiary/aromatic N) is 1. The average molecular weight is 329 g/mol. The van der Waals surface area contributed by atoms with Gasteiger partial charge in [0.1, 0.15) is 0 Å². The van der Waals surface area contributed by atoms with Gasteiger partial charge in [-0.2, -0.15) is 0 Å². The van der Waals surface area contributed by atoms with Crippen LogP contribution < -0.4 is 5.32 Å². The number of carbonyl (C=O) groups excluding carboxylic acids is 2. The van der Waals surface area contributed by atoms with E-state index in [0.717, 1.165) is 35.9 Å². The zero-order valence-electron chi connectivity index (χ0n) is 13.9. The van der Waals surface area contributed by atoms with Crippen LogP contribution in [0.15, 0.2) is 30.5 Å². The summed E-state index contributed by atoms with van der Waals surface area (Å²) in [4.78, 5) is 29.2. The van der Waals surface area contributed by atoms with Gasteiger partial charge in [0.05, 0.1) is 13.0 Å². The van der Waals surface area contributed by atoms with Gasteiger partial charge in [-0.1, -0.05) is 18.2 Å². The maximum absolute atomic E-state index is 12.6. The van der Waals surface area contributed by atoms with Crippen LogP contribution in [0, 0.1) is 0 Å². The Morgan fingerprint density at radius 2 is 2.21 bits per heavy atom. The number of H-pyrrole nitrogens is 1. The number of likely N-dealkylation sites (tertiary alicyclic amines) is 1. The van der Waals surface area contributed by atoms with Gasteiger partial charge in [-0.3, -0.25) is 4.79 Å². The van der Waals surface area contributed by atoms with Crippen molar-refractivity contribution in [1.82, 2.24) is 15.2 Å². The van der Waals surface area contributed by atoms with Crippen molar-refractivity contribution in [2.45, 2.75) is 32.2 Å². The molecule has 1 saturated heterocycles. The number of rotatable bonds is 4. The number of piperidine rings is 1. The maximum Gasteiger partial charge on any atom is 0.407 e. The molecule has 3 rings (SSSR count). The van der Waals surface area contributed by atoms with E-state index in [9.17, 15) is 9.59 Å². The highest BCUT2D eigenvalue weighted by molar-refractivity contribution is 5.89. The summed E-state index contributed by atoms with van der Waals surface area (Å²) >= 11 is 0. The SMILES string of the molecule is CCOC(=O)N[C@H]1CCCN(C(=O)Cc2c[nH]c3ccccc23)C1. The molecule has 0 spiro atoms. The van der Waals surface area contributed by atoms with Crippen LogP contribution in [-0.2, 0) is 16.0 Å². The van der Waals surface area contributed by atoms with Crippen LogP contribution >= 0.6 is 0 Å². The molecule has 6 heteroatoms. The number of fused-ring (bicyclic) bond motifs is 1. The summed E-state index contributed by atoms with van der Waals surface area (Å²) in [6.45, 7) is 3.40. The Bertz CT molecular complexity index is 725. The van der Waals surface area contributed by atoms with Crippen LogP contribution in [0.1, 0.15) is 25.3 Å². The molecule has 128 valence electrons. The molecule has 0 saturated carbocycles. The van der Waals surface area contributed by atoms with Crippen molar-refractivity contribution in [3.63, 3.8) is 0 Å². The molecule has 6 nitrogen and oxygen atoms in total. The maximum atomic E-state index is 12.6. The first-order valence-corrected chi connectivity index (χ1v) is 8.43. The molecule has 1 aliphatic heterocycles. The average Bonchev–Trinajstić information content (AvgIpc) is 2.98. The highest BCUT2D eigenvalue weighted by Gasteiger charge is 2.25. The number of benzene rings is 1. The Morgan fingerprint density at radius 1 is 1.38 bits per heavy atom. The zero-order chi connectivity index (χ0) is 16.9. The second-order valence-electron chi connectivity index (χ2n) is 6.08. The van der Waals surface area contributed by atoms with E-state index in [1.54, 1.807) is 6.92 Å². The fraction of sp³-hybridized carbons (Fsp3) is 0.444. The van der Waals surface area contributed by atoms with E-state index < -0.39 is 6.09 Å². The first-order valence-electron chi connectivity index (χ1n) is 8.43. The molecule has 0 radical (unpaired) electrons. The number of aromatic nitrogens is 1. The standard InChI is InChI=1S/C18H23N3O3/c1-2-24-18(23)20-14-6-5-9-21(12-14)17(22)10-13-11-19-16-8-4-3-7-15(13)16/h3-4,7-8,11,14,19H,2,5-6,9-10,12H2,1H3,(H,20,23)/t14-/m0/s1. The first-order chi connectivity index (χ1) is 11.7. The number of aromatic amines is 1. The number of para-hydroxylation sites is 1. The van der Waals surface area contributed by atoms with Gasteiger partial charge in [0.25, 0.3) is 0 Å². The number of alkyl carbamates (subject to hydrolysis) is 1. The van der Waals surface area contributed by atoms with Gasteiger partial charge in [0.15, 0.2) is 0 Å². The van der Waals surface area contributed by atoms with Crippen LogP contribution in [0.3, 0.4) is 0 Å². The lowest BCUT2D eigenvalue weighted by Crippen LogP contribution is -2.50. The van der Waals surface area contributed by atoms with Crippen molar-refractivity contribution in [3.8, 4) is 0 Å². The molecule has 1 fully saturated rings. The molecule has 2 amide bonds. The minimum Gasteiger partial charge on any atom is -0.450 e. The van der Waals surface area contributed by atoms with Crippen LogP contribution in [0.5, 0.6) is 0 Å². The minimum absolute atomic E-state index is 0.0373. The van der Waals surface area contributed by atoms with Crippen molar-refractivity contribution >= 4 is 22.9 Å². The van der Waals surface area contributed by atoms with Crippen molar-refractivity contribution in [3.05, 3.63) is 36.0 Å². The number of nitrogens with one attached hydrogen (secondary N) is 2. The summed E-state index contributed by atoms with van der Waals surface area (Å²) in [5, 5.41) is 3.92. The van der Waals surface area contributed by atoms with Gasteiger partial charge in [-0.25, -0.2) is 4.79 Å². The minimum atomic E-state index is -0.409. The lowest BCUT2D eigenvalue weighted by Gasteiger charge is -2.33. The van der Waals surface area contributed by atoms with Crippen molar-refractivity contribution < 1.29 is 14.3 Å². The number of carbonyl (C=O) groups is 2. The number of hydrogen-bond acceptors (Lipinski definition) is 3. The summed E-state index contributed by atoms with van der Waals surface area (Å²) in [5.74, 6) is 0.0927. The van der Waals surface area contributed by atoms with Gasteiger partial charge >= 0.3 is 6.09 Å². The quantitative estimate of drug-likeness (QED) is 0.905. The first kappa shape index (κ1) is 16.4. The third-order valence-electron chi connectivity index (χ3n) is 4.39. The van der Waals surface area contributed by atoms with Crippen LogP contribution in [0.25, 0.3) is 10.9 Å². The van der Waals surface area contributed by atoms with E-state index in [1.807, 2.05) is 35.4 Å². The van der Waals surface area contributed by atoms with Crippen LogP contribution in [0.4, 0.5) is 4.79 Å². The Balaban J connectivity index is 1.61. The summed E-state index contributed by atoms with van der Waals surface area (Å²) in [5.41, 5.74) is 2.05. The Kier molecular flexibility index (Phi) is 5.03. The highest BCUT2D eigenvalue weighted by Crippen LogP contribution is 2.20. The van der Waals surface area contributed by atoms with E-state index in [1.165, 1.54) is 0 Å². The van der Waals surface area contributed by atoms with E-state index in [0.29, 0.717) is 19.6 Å². The van der Waals surface area contributed by atoms with Crippen molar-refractivity contribution in [1.29, 1.82) is 0 Å². The molecule has 2 aromatic rings. The monoisotopic (exact) mass is 329 g/mol. The smallest absolute Gasteiger partial charge is 0.407 e. The molecule has 1 atom stereocenters. The summed E-state index contributed by atoms with van der Waals surface area (Å²) in [7, 11) is 0. The topological polar surface area (TPSA) is 74.4 Å². The van der Waals surface area contributed by atoms with Crippen molar-refractivity contribution in [2.75, 3.05) is 19.7 Å². The van der Waals surface area contributed by atoms with Crippen LogP contribution in [0.2, 0.25) is 0 Å². The predicted molar refractivity (Wildman–Crippen MR) is 91.8 cm³/mol. The number of hydrogen-bond donors (Lipinski definition) is 2. The van der Waals surface area contributed by atoms with E-state index in [-0.39, 0.29) is 11.9 Å². The normalized spacial score (nSPS) is 17.7. The third kappa shape index (κ3) is 3.69. The fourth-order valence-corrected chi connectivity index (χ4v) is 3.21. The van der Waals surface area contributed by atoms with E-state index in [2.05, 4.69) is 10.3 Å². The largest absolute Gasteiger partial charge is 0.450 e. The number of amides is 2. The van der Waals surface area contributed by atoms with E-state index in [4.69, 9.17) is 4.74 Å². The van der Waals surface area contributed by atoms with Gasteiger partial charge in [-0.05, 0) is 31.4 Å². The molecule has 2 heterocycles. The van der Waals surface area contributed by atoms with Gasteiger partial charge in [0, 0.05) is 36.2 Å². The molecule has 1 aliphatic rings. The molecule has 0 unspecified atom stereocenters. The van der Waals surface area contributed by atoms with E-state index >= 15 is 0 Å². The van der Waals surface area contributed by atoms with Gasteiger partial charge in [-0.15, -0.1) is 0 Å². The molecule has 0 bridgehead atoms.